The van der Waals surface area contributed by atoms with Crippen molar-refractivity contribution < 1.29 is 19.2 Å². The third kappa shape index (κ3) is 4.45. The lowest BCUT2D eigenvalue weighted by atomic mass is 10.2. The first-order valence-electron chi connectivity index (χ1n) is 10.3. The van der Waals surface area contributed by atoms with Gasteiger partial charge in [-0.25, -0.2) is 5.01 Å². The van der Waals surface area contributed by atoms with E-state index in [0.29, 0.717) is 21.0 Å². The van der Waals surface area contributed by atoms with Crippen molar-refractivity contribution >= 4 is 95.6 Å². The van der Waals surface area contributed by atoms with Gasteiger partial charge in [0.15, 0.2) is 4.32 Å². The Balaban J connectivity index is 1.30. The first-order chi connectivity index (χ1) is 16.8. The molecular formula is C23H16N4O4S4. The molecule has 2 aromatic rings. The number of anilines is 1. The molecule has 0 spiro atoms. The zero-order chi connectivity index (χ0) is 24.7. The van der Waals surface area contributed by atoms with Gasteiger partial charge in [0.05, 0.1) is 15.5 Å². The summed E-state index contributed by atoms with van der Waals surface area (Å²) in [4.78, 5) is 52.9. The number of carbonyl (C=O) groups excluding carboxylic acids is 4. The number of hydrogen-bond acceptors (Lipinski definition) is 7. The van der Waals surface area contributed by atoms with E-state index in [2.05, 4.69) is 10.7 Å². The summed E-state index contributed by atoms with van der Waals surface area (Å²) in [6.45, 7) is -0.364. The number of thiocarbonyl (C=S) groups is 2. The summed E-state index contributed by atoms with van der Waals surface area (Å²) in [5, 5.41) is 3.78. The van der Waals surface area contributed by atoms with Crippen molar-refractivity contribution in [3.8, 4) is 0 Å². The molecule has 12 heteroatoms. The molecule has 3 aliphatic rings. The molecule has 0 radical (unpaired) electrons. The van der Waals surface area contributed by atoms with Gasteiger partial charge in [0, 0.05) is 11.3 Å². The summed E-state index contributed by atoms with van der Waals surface area (Å²) in [7, 11) is -0.983. The van der Waals surface area contributed by atoms with Gasteiger partial charge in [0.2, 0.25) is 0 Å². The number of rotatable bonds is 4. The molecule has 2 saturated heterocycles. The van der Waals surface area contributed by atoms with Gasteiger partial charge >= 0.3 is 0 Å². The zero-order valence-electron chi connectivity index (χ0n) is 17.8. The van der Waals surface area contributed by atoms with Crippen LogP contribution in [-0.4, -0.2) is 59.3 Å². The normalized spacial score (nSPS) is 21.7. The summed E-state index contributed by atoms with van der Waals surface area (Å²) in [5.74, 6) is -1.75. The summed E-state index contributed by atoms with van der Waals surface area (Å²) in [6.07, 6.45) is 1.71. The Bertz CT molecular complexity index is 1400. The van der Waals surface area contributed by atoms with E-state index in [1.54, 1.807) is 30.3 Å². The fourth-order valence-electron chi connectivity index (χ4n) is 3.71. The number of hydrazine groups is 1. The highest BCUT2D eigenvalue weighted by Crippen LogP contribution is 2.35. The van der Waals surface area contributed by atoms with Gasteiger partial charge < -0.3 is 5.32 Å². The van der Waals surface area contributed by atoms with E-state index in [0.717, 1.165) is 22.3 Å². The topological polar surface area (TPSA) is 98.8 Å². The maximum Gasteiger partial charge on any atom is 0.266 e. The largest absolute Gasteiger partial charge is 0.321 e. The first kappa shape index (κ1) is 23.5. The number of thioether (sulfide) groups is 1. The highest BCUT2D eigenvalue weighted by molar-refractivity contribution is 8.36. The van der Waals surface area contributed by atoms with Crippen molar-refractivity contribution in [2.45, 2.75) is 0 Å². The molecule has 3 heterocycles. The van der Waals surface area contributed by atoms with Crippen molar-refractivity contribution in [1.29, 1.82) is 0 Å². The third-order valence-electron chi connectivity index (χ3n) is 5.29. The van der Waals surface area contributed by atoms with Gasteiger partial charge in [-0.05, 0) is 17.7 Å². The van der Waals surface area contributed by atoms with Crippen molar-refractivity contribution in [3.05, 3.63) is 70.6 Å². The fraction of sp³-hybridized carbons (Fsp3) is 0.0870. The molecular weight excluding hydrogens is 525 g/mol. The number of amides is 4. The highest BCUT2D eigenvalue weighted by Gasteiger charge is 2.39. The standard InChI is InChI=1S/C23H16N4O4S4/c28-17(11-26-21(31)16(34-22(26)32)10-13-6-2-1-3-7-13)25-27-18(29)12-35(23(27)33)19-14-8-4-5-9-15(14)24-20(19)30/h1-10H,11-12H2,(H,24,30)(H,25,28)/b16-10-. The van der Waals surface area contributed by atoms with E-state index in [4.69, 9.17) is 24.4 Å². The molecule has 0 aliphatic carbocycles. The Morgan fingerprint density at radius 2 is 1.80 bits per heavy atom. The van der Waals surface area contributed by atoms with Crippen LogP contribution in [0.2, 0.25) is 0 Å². The fourth-order valence-corrected chi connectivity index (χ4v) is 7.44. The summed E-state index contributed by atoms with van der Waals surface area (Å²) in [6, 6.07) is 16.5. The number of fused-ring (bicyclic) bond motifs is 1. The predicted octanol–water partition coefficient (Wildman–Crippen LogP) is 2.49. The molecule has 35 heavy (non-hydrogen) atoms. The van der Waals surface area contributed by atoms with Crippen LogP contribution in [0.5, 0.6) is 0 Å². The molecule has 176 valence electrons. The zero-order valence-corrected chi connectivity index (χ0v) is 21.1. The molecule has 4 amide bonds. The lowest BCUT2D eigenvalue weighted by Crippen LogP contribution is -2.49. The summed E-state index contributed by atoms with van der Waals surface area (Å²) < 4.78 is 0.400. The van der Waals surface area contributed by atoms with Crippen LogP contribution in [0.4, 0.5) is 5.69 Å². The van der Waals surface area contributed by atoms with Gasteiger partial charge in [-0.15, -0.1) is 10.5 Å². The first-order valence-corrected chi connectivity index (χ1v) is 13.3. The molecule has 0 aromatic heterocycles. The second-order valence-corrected chi connectivity index (χ2v) is 11.8. The van der Waals surface area contributed by atoms with Crippen LogP contribution in [0.3, 0.4) is 0 Å². The number of benzene rings is 2. The van der Waals surface area contributed by atoms with Crippen molar-refractivity contribution in [1.82, 2.24) is 15.3 Å². The molecule has 2 aromatic carbocycles. The minimum atomic E-state index is -0.983. The maximum atomic E-state index is 12.8. The quantitative estimate of drug-likeness (QED) is 0.454. The van der Waals surface area contributed by atoms with Crippen LogP contribution in [-0.2, 0) is 19.2 Å². The maximum absolute atomic E-state index is 12.8. The van der Waals surface area contributed by atoms with E-state index < -0.39 is 22.3 Å². The predicted molar refractivity (Wildman–Crippen MR) is 146 cm³/mol. The van der Waals surface area contributed by atoms with Crippen LogP contribution in [0.25, 0.3) is 6.08 Å². The SMILES string of the molecule is O=C(CN1C(=O)/C(=C/c2ccccc2)SC1=S)NN1C(=O)C/S(=C2/C(=O)Nc3ccccc32)C1=S. The Morgan fingerprint density at radius 3 is 2.57 bits per heavy atom. The van der Waals surface area contributed by atoms with Gasteiger partial charge in [0.25, 0.3) is 23.6 Å². The van der Waals surface area contributed by atoms with Crippen LogP contribution in [0, 0.1) is 0 Å². The minimum absolute atomic E-state index is 0.0168. The van der Waals surface area contributed by atoms with Crippen molar-refractivity contribution in [2.24, 2.45) is 0 Å². The molecule has 0 saturated carbocycles. The van der Waals surface area contributed by atoms with Gasteiger partial charge in [-0.2, -0.15) is 0 Å². The number of para-hydroxylation sites is 1. The Hall–Kier alpha value is -3.19. The lowest BCUT2D eigenvalue weighted by molar-refractivity contribution is -0.135. The van der Waals surface area contributed by atoms with Crippen LogP contribution >= 0.6 is 46.7 Å². The minimum Gasteiger partial charge on any atom is -0.321 e. The summed E-state index contributed by atoms with van der Waals surface area (Å²) in [5.41, 5.74) is 4.69. The van der Waals surface area contributed by atoms with Crippen LogP contribution in [0.1, 0.15) is 11.1 Å². The smallest absolute Gasteiger partial charge is 0.266 e. The molecule has 8 nitrogen and oxygen atoms in total. The number of nitrogens with one attached hydrogen (secondary N) is 2. The van der Waals surface area contributed by atoms with Gasteiger partial charge in [-0.3, -0.25) is 29.5 Å². The Morgan fingerprint density at radius 1 is 1.09 bits per heavy atom. The van der Waals surface area contributed by atoms with E-state index in [-0.39, 0.29) is 32.8 Å². The summed E-state index contributed by atoms with van der Waals surface area (Å²) >= 11 is 11.9. The molecule has 1 atom stereocenters. The second-order valence-electron chi connectivity index (χ2n) is 7.57. The van der Waals surface area contributed by atoms with E-state index in [9.17, 15) is 19.2 Å². The Labute approximate surface area is 217 Å². The third-order valence-corrected chi connectivity index (χ3v) is 9.49. The van der Waals surface area contributed by atoms with Crippen LogP contribution in [0.15, 0.2) is 59.5 Å². The lowest BCUT2D eigenvalue weighted by Gasteiger charge is -2.19. The molecule has 3 aliphatic heterocycles. The average molecular weight is 541 g/mol. The van der Waals surface area contributed by atoms with E-state index in [1.807, 2.05) is 30.3 Å². The average Bonchev–Trinajstić information content (AvgIpc) is 3.41. The van der Waals surface area contributed by atoms with Crippen molar-refractivity contribution in [2.75, 3.05) is 17.6 Å². The van der Waals surface area contributed by atoms with Gasteiger partial charge in [0.1, 0.15) is 10.9 Å². The van der Waals surface area contributed by atoms with Crippen molar-refractivity contribution in [3.63, 3.8) is 0 Å². The molecule has 2 N–H and O–H groups in total. The number of hydrogen-bond donors (Lipinski definition) is 2. The van der Waals surface area contributed by atoms with Crippen LogP contribution < -0.4 is 10.7 Å². The number of carbonyl (C=O) groups is 4. The van der Waals surface area contributed by atoms with E-state index in [1.165, 1.54) is 4.90 Å². The molecule has 0 bridgehead atoms. The monoisotopic (exact) mass is 540 g/mol. The number of nitrogens with zero attached hydrogens (tertiary/aromatic N) is 2. The van der Waals surface area contributed by atoms with E-state index >= 15 is 0 Å². The second kappa shape index (κ2) is 9.46. The molecule has 2 fully saturated rings. The highest BCUT2D eigenvalue weighted by atomic mass is 32.2. The Kier molecular flexibility index (Phi) is 6.36. The molecule has 1 unspecified atom stereocenters. The van der Waals surface area contributed by atoms with Gasteiger partial charge in [-0.1, -0.05) is 84.7 Å². The molecule has 5 rings (SSSR count).